The smallest absolute Gasteiger partial charge is 0.267 e. The number of benzene rings is 3. The first-order chi connectivity index (χ1) is 14.6. The van der Waals surface area contributed by atoms with Crippen molar-refractivity contribution in [1.29, 1.82) is 0 Å². The summed E-state index contributed by atoms with van der Waals surface area (Å²) in [6.45, 7) is 4.07. The Hall–Kier alpha value is -3.99. The maximum absolute atomic E-state index is 12.9. The van der Waals surface area contributed by atoms with E-state index in [1.807, 2.05) is 86.6 Å². The van der Waals surface area contributed by atoms with Crippen LogP contribution in [0.5, 0.6) is 0 Å². The van der Waals surface area contributed by atoms with Gasteiger partial charge in [0.15, 0.2) is 0 Å². The first kappa shape index (κ1) is 19.3. The third-order valence-corrected chi connectivity index (χ3v) is 4.82. The summed E-state index contributed by atoms with van der Waals surface area (Å²) in [4.78, 5) is 12.9. The lowest BCUT2D eigenvalue weighted by molar-refractivity contribution is 0.0955. The van der Waals surface area contributed by atoms with E-state index >= 15 is 0 Å². The second-order valence-corrected chi connectivity index (χ2v) is 7.10. The normalized spacial score (nSPS) is 11.0. The first-order valence-electron chi connectivity index (χ1n) is 9.73. The Morgan fingerprint density at radius 2 is 1.67 bits per heavy atom. The number of hydrogen-bond donors (Lipinski definition) is 1. The Morgan fingerprint density at radius 3 is 2.37 bits per heavy atom. The van der Waals surface area contributed by atoms with E-state index < -0.39 is 0 Å². The minimum absolute atomic E-state index is 0.308. The third-order valence-electron chi connectivity index (χ3n) is 4.82. The number of para-hydroxylation sites is 1. The van der Waals surface area contributed by atoms with Crippen LogP contribution in [0.3, 0.4) is 0 Å². The van der Waals surface area contributed by atoms with Crippen LogP contribution in [-0.2, 0) is 0 Å². The van der Waals surface area contributed by atoms with Gasteiger partial charge in [0.05, 0.1) is 17.5 Å². The zero-order chi connectivity index (χ0) is 20.9. The van der Waals surface area contributed by atoms with Gasteiger partial charge in [-0.2, -0.15) is 10.2 Å². The highest BCUT2D eigenvalue weighted by Crippen LogP contribution is 2.23. The maximum atomic E-state index is 12.9. The number of hydrazone groups is 1. The van der Waals surface area contributed by atoms with Crippen molar-refractivity contribution in [2.24, 2.45) is 5.10 Å². The molecule has 0 saturated heterocycles. The molecule has 30 heavy (non-hydrogen) atoms. The van der Waals surface area contributed by atoms with Gasteiger partial charge in [-0.15, -0.1) is 0 Å². The molecule has 0 aliphatic rings. The number of carbonyl (C=O) groups excluding carboxylic acids is 1. The monoisotopic (exact) mass is 394 g/mol. The second kappa shape index (κ2) is 8.57. The molecule has 148 valence electrons. The van der Waals surface area contributed by atoms with Gasteiger partial charge in [-0.1, -0.05) is 72.3 Å². The Bertz CT molecular complexity index is 1190. The van der Waals surface area contributed by atoms with Crippen molar-refractivity contribution in [3.63, 3.8) is 0 Å². The lowest BCUT2D eigenvalue weighted by atomic mass is 10.1. The summed E-state index contributed by atoms with van der Waals surface area (Å²) in [5, 5.41) is 8.83. The Balaban J connectivity index is 1.64. The maximum Gasteiger partial charge on any atom is 0.275 e. The van der Waals surface area contributed by atoms with Crippen molar-refractivity contribution < 1.29 is 4.79 Å². The van der Waals surface area contributed by atoms with Gasteiger partial charge >= 0.3 is 0 Å². The molecule has 0 aliphatic carbocycles. The van der Waals surface area contributed by atoms with Crippen LogP contribution in [-0.4, -0.2) is 21.9 Å². The summed E-state index contributed by atoms with van der Waals surface area (Å²) >= 11 is 0. The minimum atomic E-state index is -0.308. The van der Waals surface area contributed by atoms with Crippen LogP contribution in [0.25, 0.3) is 16.9 Å². The third kappa shape index (κ3) is 4.20. The summed E-state index contributed by atoms with van der Waals surface area (Å²) < 4.78 is 1.71. The molecule has 5 nitrogen and oxygen atoms in total. The summed E-state index contributed by atoms with van der Waals surface area (Å²) in [5.41, 5.74) is 8.72. The van der Waals surface area contributed by atoms with E-state index in [9.17, 15) is 4.79 Å². The molecule has 0 spiro atoms. The molecule has 0 fully saturated rings. The molecule has 0 radical (unpaired) electrons. The molecule has 0 saturated carbocycles. The second-order valence-electron chi connectivity index (χ2n) is 7.10. The molecule has 1 amide bonds. The molecule has 4 aromatic rings. The fraction of sp³-hybridized carbons (Fsp3) is 0.0800. The number of amides is 1. The summed E-state index contributed by atoms with van der Waals surface area (Å²) in [7, 11) is 0. The van der Waals surface area contributed by atoms with Crippen LogP contribution >= 0.6 is 0 Å². The average Bonchev–Trinajstić information content (AvgIpc) is 3.22. The van der Waals surface area contributed by atoms with E-state index in [1.54, 1.807) is 17.1 Å². The van der Waals surface area contributed by atoms with Crippen LogP contribution in [0, 0.1) is 13.8 Å². The molecule has 0 unspecified atom stereocenters. The van der Waals surface area contributed by atoms with Crippen LogP contribution in [0.1, 0.15) is 27.0 Å². The fourth-order valence-electron chi connectivity index (χ4n) is 3.25. The van der Waals surface area contributed by atoms with E-state index in [0.29, 0.717) is 11.3 Å². The van der Waals surface area contributed by atoms with Gasteiger partial charge in [0.2, 0.25) is 0 Å². The van der Waals surface area contributed by atoms with Gasteiger partial charge in [-0.25, -0.2) is 10.1 Å². The molecule has 3 aromatic carbocycles. The van der Waals surface area contributed by atoms with Crippen LogP contribution in [0.15, 0.2) is 90.2 Å². The van der Waals surface area contributed by atoms with Crippen molar-refractivity contribution in [2.75, 3.05) is 0 Å². The lowest BCUT2D eigenvalue weighted by Crippen LogP contribution is -2.18. The van der Waals surface area contributed by atoms with Crippen molar-refractivity contribution in [1.82, 2.24) is 15.2 Å². The summed E-state index contributed by atoms with van der Waals surface area (Å²) in [6.07, 6.45) is 3.40. The summed E-state index contributed by atoms with van der Waals surface area (Å²) in [5.74, 6) is -0.308. The topological polar surface area (TPSA) is 59.3 Å². The number of aryl methyl sites for hydroxylation is 2. The minimum Gasteiger partial charge on any atom is -0.267 e. The van der Waals surface area contributed by atoms with Gasteiger partial charge in [0.25, 0.3) is 5.91 Å². The highest BCUT2D eigenvalue weighted by molar-refractivity contribution is 6.00. The largest absolute Gasteiger partial charge is 0.275 e. The Labute approximate surface area is 175 Å². The number of nitrogens with zero attached hydrogens (tertiary/aromatic N) is 3. The van der Waals surface area contributed by atoms with E-state index in [4.69, 9.17) is 0 Å². The van der Waals surface area contributed by atoms with Gasteiger partial charge in [-0.05, 0) is 37.1 Å². The van der Waals surface area contributed by atoms with Crippen LogP contribution in [0.4, 0.5) is 0 Å². The van der Waals surface area contributed by atoms with Crippen LogP contribution < -0.4 is 5.43 Å². The van der Waals surface area contributed by atoms with Gasteiger partial charge in [0, 0.05) is 11.8 Å². The molecule has 0 bridgehead atoms. The molecule has 1 heterocycles. The van der Waals surface area contributed by atoms with E-state index in [2.05, 4.69) is 21.7 Å². The van der Waals surface area contributed by atoms with Crippen molar-refractivity contribution in [2.45, 2.75) is 13.8 Å². The SMILES string of the molecule is Cc1ccc(/C=N/NC(=O)c2cn(-c3ccccc3)nc2-c2ccccc2)c(C)c1. The zero-order valence-electron chi connectivity index (χ0n) is 16.9. The number of rotatable bonds is 5. The average molecular weight is 394 g/mol. The molecule has 5 heteroatoms. The number of nitrogens with one attached hydrogen (secondary N) is 1. The highest BCUT2D eigenvalue weighted by atomic mass is 16.2. The predicted octanol–water partition coefficient (Wildman–Crippen LogP) is 4.92. The highest BCUT2D eigenvalue weighted by Gasteiger charge is 2.18. The van der Waals surface area contributed by atoms with Crippen molar-refractivity contribution in [3.8, 4) is 16.9 Å². The number of hydrogen-bond acceptors (Lipinski definition) is 3. The quantitative estimate of drug-likeness (QED) is 0.386. The number of carbonyl (C=O) groups is 1. The molecular formula is C25H22N4O. The molecular weight excluding hydrogens is 372 g/mol. The zero-order valence-corrected chi connectivity index (χ0v) is 16.9. The van der Waals surface area contributed by atoms with E-state index in [0.717, 1.165) is 22.4 Å². The molecule has 0 atom stereocenters. The van der Waals surface area contributed by atoms with Crippen LogP contribution in [0.2, 0.25) is 0 Å². The Morgan fingerprint density at radius 1 is 0.967 bits per heavy atom. The molecule has 0 aliphatic heterocycles. The summed E-state index contributed by atoms with van der Waals surface area (Å²) in [6, 6.07) is 25.5. The fourth-order valence-corrected chi connectivity index (χ4v) is 3.25. The molecule has 1 aromatic heterocycles. The van der Waals surface area contributed by atoms with Crippen molar-refractivity contribution in [3.05, 3.63) is 107 Å². The van der Waals surface area contributed by atoms with Gasteiger partial charge < -0.3 is 0 Å². The number of aromatic nitrogens is 2. The lowest BCUT2D eigenvalue weighted by Gasteiger charge is -2.03. The predicted molar refractivity (Wildman–Crippen MR) is 120 cm³/mol. The molecule has 4 rings (SSSR count). The van der Waals surface area contributed by atoms with E-state index in [-0.39, 0.29) is 5.91 Å². The van der Waals surface area contributed by atoms with E-state index in [1.165, 1.54) is 5.56 Å². The Kier molecular flexibility index (Phi) is 5.52. The standard InChI is InChI=1S/C25H22N4O/c1-18-13-14-21(19(2)15-18)16-26-27-25(30)23-17-29(22-11-7-4-8-12-22)28-24(23)20-9-5-3-6-10-20/h3-17H,1-2H3,(H,27,30)/b26-16+. The van der Waals surface area contributed by atoms with Crippen molar-refractivity contribution >= 4 is 12.1 Å². The van der Waals surface area contributed by atoms with Gasteiger partial charge in [-0.3, -0.25) is 4.79 Å². The van der Waals surface area contributed by atoms with Gasteiger partial charge in [0.1, 0.15) is 5.69 Å². The molecule has 1 N–H and O–H groups in total. The first-order valence-corrected chi connectivity index (χ1v) is 9.73.